The fourth-order valence-corrected chi connectivity index (χ4v) is 3.14. The van der Waals surface area contributed by atoms with Gasteiger partial charge in [0.05, 0.1) is 0 Å². The Labute approximate surface area is 136 Å². The van der Waals surface area contributed by atoms with Gasteiger partial charge in [0.1, 0.15) is 16.8 Å². The number of halogens is 1. The molecule has 2 aromatic rings. The van der Waals surface area contributed by atoms with Gasteiger partial charge in [0.15, 0.2) is 0 Å². The molecule has 1 aromatic carbocycles. The fourth-order valence-electron chi connectivity index (χ4n) is 2.91. The predicted molar refractivity (Wildman–Crippen MR) is 91.6 cm³/mol. The van der Waals surface area contributed by atoms with Crippen LogP contribution in [0.5, 0.6) is 0 Å². The van der Waals surface area contributed by atoms with Gasteiger partial charge in [-0.05, 0) is 37.8 Å². The van der Waals surface area contributed by atoms with Gasteiger partial charge in [0.25, 0.3) is 0 Å². The highest BCUT2D eigenvalue weighted by Crippen LogP contribution is 2.25. The summed E-state index contributed by atoms with van der Waals surface area (Å²) in [5, 5.41) is 3.83. The molecule has 0 aliphatic carbocycles. The summed E-state index contributed by atoms with van der Waals surface area (Å²) < 4.78 is 0. The zero-order valence-corrected chi connectivity index (χ0v) is 13.6. The number of nitrogens with zero attached hydrogens (tertiary/aromatic N) is 3. The van der Waals surface area contributed by atoms with Crippen molar-refractivity contribution < 1.29 is 0 Å². The summed E-state index contributed by atoms with van der Waals surface area (Å²) in [6.07, 6.45) is 3.90. The van der Waals surface area contributed by atoms with E-state index >= 15 is 0 Å². The van der Waals surface area contributed by atoms with Gasteiger partial charge in [0, 0.05) is 31.4 Å². The molecule has 0 unspecified atom stereocenters. The minimum absolute atomic E-state index is 0.472. The quantitative estimate of drug-likeness (QED) is 0.864. The Morgan fingerprint density at radius 3 is 2.68 bits per heavy atom. The lowest BCUT2D eigenvalue weighted by Gasteiger charge is -2.30. The third kappa shape index (κ3) is 3.69. The highest BCUT2D eigenvalue weighted by atomic mass is 35.5. The maximum Gasteiger partial charge on any atom is 0.134 e. The minimum Gasteiger partial charge on any atom is -0.371 e. The SMILES string of the molecule is Cc1nc(Cl)cc(NCc2ccccc2N2CCCCC2)n1. The highest BCUT2D eigenvalue weighted by molar-refractivity contribution is 6.29. The summed E-state index contributed by atoms with van der Waals surface area (Å²) in [6, 6.07) is 10.3. The summed E-state index contributed by atoms with van der Waals surface area (Å²) in [5.41, 5.74) is 2.61. The Morgan fingerprint density at radius 1 is 1.14 bits per heavy atom. The van der Waals surface area contributed by atoms with Crippen molar-refractivity contribution >= 4 is 23.1 Å². The number of hydrogen-bond acceptors (Lipinski definition) is 4. The van der Waals surface area contributed by atoms with Crippen molar-refractivity contribution in [3.8, 4) is 0 Å². The van der Waals surface area contributed by atoms with Gasteiger partial charge >= 0.3 is 0 Å². The molecule has 1 aliphatic heterocycles. The van der Waals surface area contributed by atoms with Crippen LogP contribution in [0.3, 0.4) is 0 Å². The van der Waals surface area contributed by atoms with Crippen LogP contribution in [0.15, 0.2) is 30.3 Å². The summed E-state index contributed by atoms with van der Waals surface area (Å²) in [7, 11) is 0. The number of aryl methyl sites for hydroxylation is 1. The summed E-state index contributed by atoms with van der Waals surface area (Å²) in [4.78, 5) is 10.9. The lowest BCUT2D eigenvalue weighted by atomic mass is 10.1. The monoisotopic (exact) mass is 316 g/mol. The molecule has 0 saturated carbocycles. The Kier molecular flexibility index (Phi) is 4.78. The first-order valence-electron chi connectivity index (χ1n) is 7.80. The van der Waals surface area contributed by atoms with Crippen LogP contribution in [0.4, 0.5) is 11.5 Å². The molecular weight excluding hydrogens is 296 g/mol. The van der Waals surface area contributed by atoms with Crippen LogP contribution < -0.4 is 10.2 Å². The number of rotatable bonds is 4. The van der Waals surface area contributed by atoms with Crippen molar-refractivity contribution in [1.82, 2.24) is 9.97 Å². The van der Waals surface area contributed by atoms with Gasteiger partial charge in [-0.3, -0.25) is 0 Å². The Morgan fingerprint density at radius 2 is 1.91 bits per heavy atom. The van der Waals surface area contributed by atoms with Crippen LogP contribution >= 0.6 is 11.6 Å². The van der Waals surface area contributed by atoms with Crippen LogP contribution in [0, 0.1) is 6.92 Å². The second-order valence-electron chi connectivity index (χ2n) is 5.65. The van der Waals surface area contributed by atoms with Crippen molar-refractivity contribution in [3.63, 3.8) is 0 Å². The normalized spacial score (nSPS) is 14.9. The zero-order chi connectivity index (χ0) is 15.4. The topological polar surface area (TPSA) is 41.1 Å². The van der Waals surface area contributed by atoms with E-state index < -0.39 is 0 Å². The van der Waals surface area contributed by atoms with E-state index in [2.05, 4.69) is 44.5 Å². The lowest BCUT2D eigenvalue weighted by Crippen LogP contribution is -2.30. The summed E-state index contributed by atoms with van der Waals surface area (Å²) in [6.45, 7) is 4.88. The number of hydrogen-bond donors (Lipinski definition) is 1. The molecular formula is C17H21ClN4. The van der Waals surface area contributed by atoms with E-state index in [0.717, 1.165) is 25.5 Å². The molecule has 0 spiro atoms. The highest BCUT2D eigenvalue weighted by Gasteiger charge is 2.14. The first-order chi connectivity index (χ1) is 10.7. The molecule has 1 N–H and O–H groups in total. The number of aromatic nitrogens is 2. The van der Waals surface area contributed by atoms with E-state index in [-0.39, 0.29) is 0 Å². The number of benzene rings is 1. The molecule has 1 saturated heterocycles. The van der Waals surface area contributed by atoms with Gasteiger partial charge in [-0.15, -0.1) is 0 Å². The molecule has 22 heavy (non-hydrogen) atoms. The Hall–Kier alpha value is -1.81. The van der Waals surface area contributed by atoms with E-state index in [1.54, 1.807) is 6.07 Å². The fraction of sp³-hybridized carbons (Fsp3) is 0.412. The average Bonchev–Trinajstić information content (AvgIpc) is 2.53. The van der Waals surface area contributed by atoms with Crippen molar-refractivity contribution in [2.75, 3.05) is 23.3 Å². The smallest absolute Gasteiger partial charge is 0.134 e. The van der Waals surface area contributed by atoms with E-state index in [0.29, 0.717) is 11.0 Å². The zero-order valence-electron chi connectivity index (χ0n) is 12.8. The molecule has 1 fully saturated rings. The van der Waals surface area contributed by atoms with Crippen LogP contribution in [0.1, 0.15) is 30.7 Å². The first-order valence-corrected chi connectivity index (χ1v) is 8.18. The van der Waals surface area contributed by atoms with Gasteiger partial charge in [0.2, 0.25) is 0 Å². The molecule has 4 nitrogen and oxygen atoms in total. The third-order valence-electron chi connectivity index (χ3n) is 3.96. The molecule has 0 atom stereocenters. The van der Waals surface area contributed by atoms with E-state index in [4.69, 9.17) is 11.6 Å². The molecule has 0 bridgehead atoms. The first kappa shape index (κ1) is 15.1. The minimum atomic E-state index is 0.472. The number of piperidine rings is 1. The number of nitrogens with one attached hydrogen (secondary N) is 1. The average molecular weight is 317 g/mol. The van der Waals surface area contributed by atoms with Crippen molar-refractivity contribution in [2.24, 2.45) is 0 Å². The van der Waals surface area contributed by atoms with Gasteiger partial charge in [-0.1, -0.05) is 29.8 Å². The molecule has 0 amide bonds. The van der Waals surface area contributed by atoms with Crippen LogP contribution in [0.2, 0.25) is 5.15 Å². The van der Waals surface area contributed by atoms with Crippen LogP contribution in [-0.2, 0) is 6.54 Å². The molecule has 1 aromatic heterocycles. The van der Waals surface area contributed by atoms with Crippen molar-refractivity contribution in [2.45, 2.75) is 32.7 Å². The van der Waals surface area contributed by atoms with Gasteiger partial charge < -0.3 is 10.2 Å². The molecule has 0 radical (unpaired) electrons. The van der Waals surface area contributed by atoms with E-state index in [1.165, 1.54) is 30.5 Å². The largest absolute Gasteiger partial charge is 0.371 e. The molecule has 2 heterocycles. The summed E-state index contributed by atoms with van der Waals surface area (Å²) in [5.74, 6) is 1.45. The summed E-state index contributed by atoms with van der Waals surface area (Å²) >= 11 is 5.99. The van der Waals surface area contributed by atoms with E-state index in [1.807, 2.05) is 6.92 Å². The van der Waals surface area contributed by atoms with Crippen molar-refractivity contribution in [1.29, 1.82) is 0 Å². The lowest BCUT2D eigenvalue weighted by molar-refractivity contribution is 0.576. The van der Waals surface area contributed by atoms with Gasteiger partial charge in [-0.2, -0.15) is 0 Å². The Balaban J connectivity index is 1.74. The molecule has 3 rings (SSSR count). The maximum atomic E-state index is 5.99. The third-order valence-corrected chi connectivity index (χ3v) is 4.15. The number of para-hydroxylation sites is 1. The number of anilines is 2. The second kappa shape index (κ2) is 6.97. The van der Waals surface area contributed by atoms with Crippen LogP contribution in [0.25, 0.3) is 0 Å². The van der Waals surface area contributed by atoms with E-state index in [9.17, 15) is 0 Å². The van der Waals surface area contributed by atoms with Gasteiger partial charge in [-0.25, -0.2) is 9.97 Å². The molecule has 116 valence electrons. The maximum absolute atomic E-state index is 5.99. The molecule has 5 heteroatoms. The Bertz CT molecular complexity index is 618. The molecule has 1 aliphatic rings. The van der Waals surface area contributed by atoms with Crippen molar-refractivity contribution in [3.05, 3.63) is 46.9 Å². The van der Waals surface area contributed by atoms with Crippen LogP contribution in [-0.4, -0.2) is 23.1 Å². The standard InChI is InChI=1S/C17H21ClN4/c1-13-20-16(18)11-17(21-13)19-12-14-7-3-4-8-15(14)22-9-5-2-6-10-22/h3-4,7-8,11H,2,5-6,9-10,12H2,1H3,(H,19,20,21). The predicted octanol–water partition coefficient (Wildman–Crippen LogP) is 4.04. The second-order valence-corrected chi connectivity index (χ2v) is 6.04.